The summed E-state index contributed by atoms with van der Waals surface area (Å²) in [6, 6.07) is 0. The van der Waals surface area contributed by atoms with Crippen molar-refractivity contribution < 1.29 is 0 Å². The van der Waals surface area contributed by atoms with Crippen molar-refractivity contribution in [2.24, 2.45) is 0 Å². The summed E-state index contributed by atoms with van der Waals surface area (Å²) in [6.45, 7) is 6.75. The quantitative estimate of drug-likeness (QED) is 0.536. The third-order valence-electron chi connectivity index (χ3n) is 1.21. The molecule has 0 aromatic heterocycles. The van der Waals surface area contributed by atoms with Crippen LogP contribution in [0.5, 0.6) is 0 Å². The van der Waals surface area contributed by atoms with E-state index in [2.05, 4.69) is 18.7 Å². The first-order valence-electron chi connectivity index (χ1n) is 3.22. The molecule has 0 spiro atoms. The molecule has 0 fully saturated rings. The molecule has 8 heavy (non-hydrogen) atoms. The van der Waals surface area contributed by atoms with Crippen LogP contribution in [-0.2, 0) is 0 Å². The van der Waals surface area contributed by atoms with Gasteiger partial charge in [0, 0.05) is 0 Å². The van der Waals surface area contributed by atoms with Gasteiger partial charge in [-0.2, -0.15) is 0 Å². The van der Waals surface area contributed by atoms with Gasteiger partial charge in [0.15, 0.2) is 0 Å². The molecule has 0 atom stereocenters. The first-order valence-corrected chi connectivity index (χ1v) is 3.22. The van der Waals surface area contributed by atoms with Gasteiger partial charge in [0.25, 0.3) is 0 Å². The van der Waals surface area contributed by atoms with E-state index in [9.17, 15) is 0 Å². The zero-order chi connectivity index (χ0) is 6.41. The highest BCUT2D eigenvalue weighted by atomic mass is 15.2. The normalized spacial score (nSPS) is 10.5. The molecule has 0 aliphatic carbocycles. The highest BCUT2D eigenvalue weighted by Gasteiger charge is 1.93. The maximum Gasteiger partial charge on any atom is 0.0615 e. The highest BCUT2D eigenvalue weighted by molar-refractivity contribution is 4.46. The fraction of sp³-hybridized carbons (Fsp3) is 1.00. The van der Waals surface area contributed by atoms with Gasteiger partial charge in [0.2, 0.25) is 0 Å². The molecule has 0 rings (SSSR count). The van der Waals surface area contributed by atoms with Crippen LogP contribution in [0.4, 0.5) is 0 Å². The minimum atomic E-state index is 0.449. The van der Waals surface area contributed by atoms with E-state index in [0.717, 1.165) is 19.5 Å². The Kier molecular flexibility index (Phi) is 5.01. The Bertz CT molecular complexity index is 41.8. The molecule has 0 saturated carbocycles. The summed E-state index contributed by atoms with van der Waals surface area (Å²) < 4.78 is 0. The predicted octanol–water partition coefficient (Wildman–Crippen LogP) is 0.959. The molecule has 2 heteroatoms. The summed E-state index contributed by atoms with van der Waals surface area (Å²) in [5.41, 5.74) is 6.99. The van der Waals surface area contributed by atoms with Crippen molar-refractivity contribution in [3.8, 4) is 0 Å². The third-order valence-corrected chi connectivity index (χ3v) is 1.21. The fourth-order valence-electron chi connectivity index (χ4n) is 0.665. The maximum atomic E-state index is 6.99. The molecule has 0 aliphatic rings. The summed E-state index contributed by atoms with van der Waals surface area (Å²) in [4.78, 5) is 2.10. The van der Waals surface area contributed by atoms with Crippen molar-refractivity contribution in [2.45, 2.75) is 20.3 Å². The van der Waals surface area contributed by atoms with Gasteiger partial charge in [-0.25, -0.2) is 5.73 Å². The van der Waals surface area contributed by atoms with Gasteiger partial charge >= 0.3 is 0 Å². The minimum Gasteiger partial charge on any atom is -0.290 e. The van der Waals surface area contributed by atoms with Crippen LogP contribution in [0, 0.1) is 0 Å². The van der Waals surface area contributed by atoms with E-state index in [4.69, 9.17) is 5.73 Å². The van der Waals surface area contributed by atoms with Gasteiger partial charge in [0.1, 0.15) is 0 Å². The van der Waals surface area contributed by atoms with Gasteiger partial charge < -0.3 is 0 Å². The Hall–Kier alpha value is -0.0800. The molecular weight excluding hydrogens is 100 g/mol. The van der Waals surface area contributed by atoms with Gasteiger partial charge in [-0.3, -0.25) is 4.90 Å². The van der Waals surface area contributed by atoms with E-state index in [1.165, 1.54) is 0 Å². The van der Waals surface area contributed by atoms with Crippen LogP contribution in [0.3, 0.4) is 0 Å². The van der Waals surface area contributed by atoms with E-state index < -0.39 is 0 Å². The van der Waals surface area contributed by atoms with Crippen molar-refractivity contribution in [2.75, 3.05) is 19.8 Å². The van der Waals surface area contributed by atoms with Crippen molar-refractivity contribution in [1.29, 1.82) is 0 Å². The van der Waals surface area contributed by atoms with Crippen molar-refractivity contribution in [3.63, 3.8) is 0 Å². The van der Waals surface area contributed by atoms with Crippen molar-refractivity contribution in [3.05, 3.63) is 0 Å². The number of nitrogens with zero attached hydrogens (tertiary/aromatic N) is 1. The Morgan fingerprint density at radius 1 is 1.38 bits per heavy atom. The number of hydrogen-bond donors (Lipinski definition) is 0. The molecule has 0 aromatic rings. The highest BCUT2D eigenvalue weighted by Crippen LogP contribution is 1.85. The minimum absolute atomic E-state index is 0.449. The van der Waals surface area contributed by atoms with Gasteiger partial charge in [-0.05, 0) is 19.5 Å². The molecule has 0 bridgehead atoms. The van der Waals surface area contributed by atoms with Crippen LogP contribution in [0.25, 0.3) is 0 Å². The van der Waals surface area contributed by atoms with Crippen LogP contribution in [0.15, 0.2) is 0 Å². The first-order chi connectivity index (χ1) is 3.85. The second kappa shape index (κ2) is 5.06. The average molecular weight is 115 g/mol. The lowest BCUT2D eigenvalue weighted by Gasteiger charge is -2.14. The molecule has 1 N–H and O–H groups in total. The second-order valence-electron chi connectivity index (χ2n) is 1.87. The largest absolute Gasteiger partial charge is 0.290 e. The van der Waals surface area contributed by atoms with E-state index in [-0.39, 0.29) is 0 Å². The molecule has 0 aromatic carbocycles. The summed E-state index contributed by atoms with van der Waals surface area (Å²) in [5.74, 6) is 0. The van der Waals surface area contributed by atoms with E-state index in [0.29, 0.717) is 6.67 Å². The van der Waals surface area contributed by atoms with Crippen molar-refractivity contribution in [1.82, 2.24) is 10.6 Å². The molecular formula is C6H15N2. The van der Waals surface area contributed by atoms with Crippen LogP contribution in [0.1, 0.15) is 20.3 Å². The molecule has 1 radical (unpaired) electrons. The van der Waals surface area contributed by atoms with Crippen LogP contribution in [0.2, 0.25) is 0 Å². The molecule has 0 amide bonds. The van der Waals surface area contributed by atoms with Crippen LogP contribution in [-0.4, -0.2) is 24.7 Å². The number of hydrogen-bond acceptors (Lipinski definition) is 1. The lowest BCUT2D eigenvalue weighted by atomic mass is 10.4. The van der Waals surface area contributed by atoms with Gasteiger partial charge in [-0.15, -0.1) is 0 Å². The molecule has 2 nitrogen and oxygen atoms in total. The molecule has 49 valence electrons. The topological polar surface area (TPSA) is 27.0 Å². The standard InChI is InChI=1S/C6H15N2/c1-3-5-8(4-2)6-7/h7H,3-6H2,1-2H3. The number of rotatable bonds is 4. The summed E-state index contributed by atoms with van der Waals surface area (Å²) in [6.07, 6.45) is 1.16. The Morgan fingerprint density at radius 2 is 2.00 bits per heavy atom. The predicted molar refractivity (Wildman–Crippen MR) is 35.5 cm³/mol. The first kappa shape index (κ1) is 7.92. The lowest BCUT2D eigenvalue weighted by Crippen LogP contribution is -2.25. The summed E-state index contributed by atoms with van der Waals surface area (Å²) in [7, 11) is 0. The van der Waals surface area contributed by atoms with E-state index >= 15 is 0 Å². The maximum absolute atomic E-state index is 6.99. The Morgan fingerprint density at radius 3 is 2.12 bits per heavy atom. The Labute approximate surface area is 51.7 Å². The Balaban J connectivity index is 3.07. The van der Waals surface area contributed by atoms with Crippen molar-refractivity contribution >= 4 is 0 Å². The average Bonchev–Trinajstić information content (AvgIpc) is 1.83. The lowest BCUT2D eigenvalue weighted by molar-refractivity contribution is 0.293. The monoisotopic (exact) mass is 115 g/mol. The fourth-order valence-corrected chi connectivity index (χ4v) is 0.665. The second-order valence-corrected chi connectivity index (χ2v) is 1.87. The number of nitrogens with one attached hydrogen (secondary N) is 1. The van der Waals surface area contributed by atoms with Gasteiger partial charge in [-0.1, -0.05) is 13.8 Å². The molecule has 0 aliphatic heterocycles. The van der Waals surface area contributed by atoms with Gasteiger partial charge in [0.05, 0.1) is 6.67 Å². The summed E-state index contributed by atoms with van der Waals surface area (Å²) >= 11 is 0. The molecule has 0 heterocycles. The molecule has 0 saturated heterocycles. The third kappa shape index (κ3) is 2.99. The summed E-state index contributed by atoms with van der Waals surface area (Å²) in [5, 5.41) is 0. The molecule has 0 unspecified atom stereocenters. The SMILES string of the molecule is CCCN(CC)C[NH]. The smallest absolute Gasteiger partial charge is 0.0615 e. The van der Waals surface area contributed by atoms with Crippen LogP contribution < -0.4 is 5.73 Å². The zero-order valence-corrected chi connectivity index (χ0v) is 5.78. The zero-order valence-electron chi connectivity index (χ0n) is 5.78. The van der Waals surface area contributed by atoms with E-state index in [1.54, 1.807) is 0 Å². The van der Waals surface area contributed by atoms with E-state index in [1.807, 2.05) is 0 Å². The van der Waals surface area contributed by atoms with Crippen LogP contribution >= 0.6 is 0 Å².